The van der Waals surface area contributed by atoms with Crippen molar-refractivity contribution in [2.75, 3.05) is 13.2 Å². The van der Waals surface area contributed by atoms with E-state index in [1.807, 2.05) is 31.2 Å². The number of benzene rings is 1. The number of amides is 1. The number of ether oxygens (including phenoxy) is 1. The molecule has 0 aliphatic rings. The number of carbonyl (C=O) groups is 1. The van der Waals surface area contributed by atoms with E-state index in [1.165, 1.54) is 83.5 Å². The van der Waals surface area contributed by atoms with E-state index in [2.05, 4.69) is 12.2 Å². The van der Waals surface area contributed by atoms with Crippen molar-refractivity contribution in [1.82, 2.24) is 5.32 Å². The van der Waals surface area contributed by atoms with E-state index in [0.717, 1.165) is 24.3 Å². The van der Waals surface area contributed by atoms with Gasteiger partial charge < -0.3 is 10.1 Å². The van der Waals surface area contributed by atoms with Crippen LogP contribution >= 0.6 is 0 Å². The summed E-state index contributed by atoms with van der Waals surface area (Å²) in [6, 6.07) is 7.78. The highest BCUT2D eigenvalue weighted by Gasteiger charge is 2.03. The van der Waals surface area contributed by atoms with Crippen LogP contribution in [-0.2, 0) is 4.79 Å². The number of hydrogen-bond acceptors (Lipinski definition) is 2. The molecule has 0 saturated carbocycles. The van der Waals surface area contributed by atoms with Gasteiger partial charge in [0, 0.05) is 6.54 Å². The molecule has 160 valence electrons. The maximum absolute atomic E-state index is 11.8. The molecule has 1 rings (SSSR count). The number of unbranched alkanes of at least 4 members (excludes halogenated alkanes) is 13. The smallest absolute Gasteiger partial charge is 0.257 e. The van der Waals surface area contributed by atoms with Crippen molar-refractivity contribution in [1.29, 1.82) is 0 Å². The van der Waals surface area contributed by atoms with E-state index in [4.69, 9.17) is 4.74 Å². The first kappa shape index (κ1) is 24.5. The van der Waals surface area contributed by atoms with Crippen molar-refractivity contribution in [2.45, 2.75) is 104 Å². The average Bonchev–Trinajstić information content (AvgIpc) is 2.70. The summed E-state index contributed by atoms with van der Waals surface area (Å²) in [5.74, 6) is 0.757. The summed E-state index contributed by atoms with van der Waals surface area (Å²) in [7, 11) is 0. The molecule has 1 amide bonds. The highest BCUT2D eigenvalue weighted by Crippen LogP contribution is 2.16. The van der Waals surface area contributed by atoms with Gasteiger partial charge in [-0.25, -0.2) is 0 Å². The lowest BCUT2D eigenvalue weighted by Gasteiger charge is -2.09. The number of nitrogens with one attached hydrogen (secondary N) is 1. The van der Waals surface area contributed by atoms with Crippen molar-refractivity contribution in [3.05, 3.63) is 29.8 Å². The third-order valence-corrected chi connectivity index (χ3v) is 5.30. The van der Waals surface area contributed by atoms with Gasteiger partial charge in [0.1, 0.15) is 5.75 Å². The van der Waals surface area contributed by atoms with Gasteiger partial charge in [-0.1, -0.05) is 109 Å². The molecule has 1 aromatic rings. The van der Waals surface area contributed by atoms with Gasteiger partial charge in [-0.3, -0.25) is 4.79 Å². The second-order valence-electron chi connectivity index (χ2n) is 8.00. The SMILES string of the molecule is CCCCCCCCCCCCCCCCNC(=O)COc1ccccc1C. The molecule has 1 aromatic carbocycles. The van der Waals surface area contributed by atoms with E-state index in [1.54, 1.807) is 0 Å². The van der Waals surface area contributed by atoms with Crippen molar-refractivity contribution >= 4 is 5.91 Å². The molecular weight excluding hydrogens is 346 g/mol. The third kappa shape index (κ3) is 13.6. The van der Waals surface area contributed by atoms with Crippen LogP contribution in [-0.4, -0.2) is 19.1 Å². The monoisotopic (exact) mass is 389 g/mol. The molecule has 3 nitrogen and oxygen atoms in total. The van der Waals surface area contributed by atoms with Gasteiger partial charge in [0.05, 0.1) is 0 Å². The Balaban J connectivity index is 1.81. The minimum Gasteiger partial charge on any atom is -0.484 e. The molecule has 0 atom stereocenters. The lowest BCUT2D eigenvalue weighted by Crippen LogP contribution is -2.29. The van der Waals surface area contributed by atoms with Crippen LogP contribution in [0.2, 0.25) is 0 Å². The number of para-hydroxylation sites is 1. The Bertz CT molecular complexity index is 501. The zero-order valence-corrected chi connectivity index (χ0v) is 18.4. The maximum Gasteiger partial charge on any atom is 0.257 e. The largest absolute Gasteiger partial charge is 0.484 e. The Kier molecular flexibility index (Phi) is 15.4. The van der Waals surface area contributed by atoms with Crippen LogP contribution in [0.15, 0.2) is 24.3 Å². The normalized spacial score (nSPS) is 10.8. The van der Waals surface area contributed by atoms with E-state index in [0.29, 0.717) is 0 Å². The first-order chi connectivity index (χ1) is 13.7. The van der Waals surface area contributed by atoms with Crippen molar-refractivity contribution in [3.63, 3.8) is 0 Å². The van der Waals surface area contributed by atoms with E-state index in [-0.39, 0.29) is 12.5 Å². The highest BCUT2D eigenvalue weighted by atomic mass is 16.5. The topological polar surface area (TPSA) is 38.3 Å². The van der Waals surface area contributed by atoms with Crippen LogP contribution in [0.25, 0.3) is 0 Å². The molecular formula is C25H43NO2. The predicted octanol–water partition coefficient (Wildman–Crippen LogP) is 6.97. The molecule has 0 unspecified atom stereocenters. The predicted molar refractivity (Wildman–Crippen MR) is 120 cm³/mol. The summed E-state index contributed by atoms with van der Waals surface area (Å²) in [5.41, 5.74) is 1.06. The summed E-state index contributed by atoms with van der Waals surface area (Å²) in [6.07, 6.45) is 18.9. The van der Waals surface area contributed by atoms with Gasteiger partial charge in [-0.05, 0) is 25.0 Å². The van der Waals surface area contributed by atoms with Crippen LogP contribution in [0.4, 0.5) is 0 Å². The van der Waals surface area contributed by atoms with Crippen LogP contribution in [0.1, 0.15) is 102 Å². The lowest BCUT2D eigenvalue weighted by molar-refractivity contribution is -0.123. The molecule has 0 spiro atoms. The number of rotatable bonds is 18. The molecule has 3 heteroatoms. The van der Waals surface area contributed by atoms with Gasteiger partial charge in [-0.15, -0.1) is 0 Å². The van der Waals surface area contributed by atoms with Crippen LogP contribution < -0.4 is 10.1 Å². The van der Waals surface area contributed by atoms with E-state index in [9.17, 15) is 4.79 Å². The van der Waals surface area contributed by atoms with Gasteiger partial charge in [0.2, 0.25) is 0 Å². The second kappa shape index (κ2) is 17.6. The quantitative estimate of drug-likeness (QED) is 0.275. The summed E-state index contributed by atoms with van der Waals surface area (Å²) < 4.78 is 5.56. The minimum absolute atomic E-state index is 0.0297. The van der Waals surface area contributed by atoms with Crippen LogP contribution in [0, 0.1) is 6.92 Å². The van der Waals surface area contributed by atoms with Crippen LogP contribution in [0.3, 0.4) is 0 Å². The number of carbonyl (C=O) groups excluding carboxylic acids is 1. The fraction of sp³-hybridized carbons (Fsp3) is 0.720. The van der Waals surface area contributed by atoms with Gasteiger partial charge in [0.25, 0.3) is 5.91 Å². The molecule has 1 N–H and O–H groups in total. The zero-order chi connectivity index (χ0) is 20.3. The fourth-order valence-corrected chi connectivity index (χ4v) is 3.46. The third-order valence-electron chi connectivity index (χ3n) is 5.30. The minimum atomic E-state index is -0.0297. The highest BCUT2D eigenvalue weighted by molar-refractivity contribution is 5.77. The Labute approximate surface area is 173 Å². The molecule has 28 heavy (non-hydrogen) atoms. The second-order valence-corrected chi connectivity index (χ2v) is 8.00. The molecule has 0 aliphatic carbocycles. The van der Waals surface area contributed by atoms with E-state index >= 15 is 0 Å². The Morgan fingerprint density at radius 3 is 1.82 bits per heavy atom. The molecule has 0 heterocycles. The van der Waals surface area contributed by atoms with Gasteiger partial charge >= 0.3 is 0 Å². The van der Waals surface area contributed by atoms with E-state index < -0.39 is 0 Å². The molecule has 0 aliphatic heterocycles. The molecule has 0 fully saturated rings. The average molecular weight is 390 g/mol. The summed E-state index contributed by atoms with van der Waals surface area (Å²) in [6.45, 7) is 5.12. The van der Waals surface area contributed by atoms with Crippen molar-refractivity contribution < 1.29 is 9.53 Å². The first-order valence-electron chi connectivity index (χ1n) is 11.7. The molecule has 0 radical (unpaired) electrons. The van der Waals surface area contributed by atoms with Crippen LogP contribution in [0.5, 0.6) is 5.75 Å². The van der Waals surface area contributed by atoms with Gasteiger partial charge in [0.15, 0.2) is 6.61 Å². The van der Waals surface area contributed by atoms with Gasteiger partial charge in [-0.2, -0.15) is 0 Å². The summed E-state index contributed by atoms with van der Waals surface area (Å²) in [5, 5.41) is 2.95. The fourth-order valence-electron chi connectivity index (χ4n) is 3.46. The van der Waals surface area contributed by atoms with Crippen molar-refractivity contribution in [2.24, 2.45) is 0 Å². The molecule has 0 bridgehead atoms. The number of hydrogen-bond donors (Lipinski definition) is 1. The number of aryl methyl sites for hydroxylation is 1. The Morgan fingerprint density at radius 1 is 0.786 bits per heavy atom. The maximum atomic E-state index is 11.8. The standard InChI is InChI=1S/C25H43NO2/c1-3-4-5-6-7-8-9-10-11-12-13-14-15-18-21-26-25(27)22-28-24-20-17-16-19-23(24)2/h16-17,19-20H,3-15,18,21-22H2,1-2H3,(H,26,27). The lowest BCUT2D eigenvalue weighted by atomic mass is 10.0. The molecule has 0 saturated heterocycles. The molecule has 0 aromatic heterocycles. The Morgan fingerprint density at radius 2 is 1.29 bits per heavy atom. The summed E-state index contributed by atoms with van der Waals surface area (Å²) >= 11 is 0. The first-order valence-corrected chi connectivity index (χ1v) is 11.7. The van der Waals surface area contributed by atoms with Crippen molar-refractivity contribution in [3.8, 4) is 5.75 Å². The zero-order valence-electron chi connectivity index (χ0n) is 18.4. The Hall–Kier alpha value is -1.51. The summed E-state index contributed by atoms with van der Waals surface area (Å²) in [4.78, 5) is 11.8.